The third-order valence-corrected chi connectivity index (χ3v) is 4.07. The molecule has 0 unspecified atom stereocenters. The smallest absolute Gasteiger partial charge is 0.335 e. The van der Waals surface area contributed by atoms with Crippen LogP contribution in [0, 0.1) is 0 Å². The third-order valence-electron chi connectivity index (χ3n) is 4.07. The fraction of sp³-hybridized carbons (Fsp3) is 0.158. The molecule has 2 heterocycles. The van der Waals surface area contributed by atoms with Gasteiger partial charge in [0.2, 0.25) is 0 Å². The molecule has 0 aliphatic carbocycles. The van der Waals surface area contributed by atoms with Crippen LogP contribution < -0.4 is 10.6 Å². The molecule has 0 fully saturated rings. The molecule has 1 aliphatic rings. The number of rotatable bonds is 8. The summed E-state index contributed by atoms with van der Waals surface area (Å²) in [6.45, 7) is -0.0247. The van der Waals surface area contributed by atoms with Crippen LogP contribution in [0.2, 0.25) is 0 Å². The third kappa shape index (κ3) is 4.15. The van der Waals surface area contributed by atoms with Crippen LogP contribution in [0.15, 0.2) is 54.5 Å². The molecule has 144 valence electrons. The number of carboxylic acid groups (broad SMARTS) is 1. The molecule has 2 aromatic rings. The highest BCUT2D eigenvalue weighted by Gasteiger charge is 2.31. The number of nitrogens with one attached hydrogen (secondary N) is 2. The van der Waals surface area contributed by atoms with E-state index in [1.807, 2.05) is 6.07 Å². The summed E-state index contributed by atoms with van der Waals surface area (Å²) in [5.74, 6) is -2.25. The van der Waals surface area contributed by atoms with Crippen molar-refractivity contribution < 1.29 is 24.6 Å². The summed E-state index contributed by atoms with van der Waals surface area (Å²) in [5, 5.41) is 24.2. The average molecular weight is 382 g/mol. The van der Waals surface area contributed by atoms with Gasteiger partial charge in [0.15, 0.2) is 0 Å². The molecule has 28 heavy (non-hydrogen) atoms. The molecule has 0 spiro atoms. The Labute approximate surface area is 160 Å². The van der Waals surface area contributed by atoms with E-state index in [1.54, 1.807) is 24.5 Å². The number of carbonyl (C=O) groups excluding carboxylic acids is 2. The number of nitrogens with zero attached hydrogens (tertiary/aromatic N) is 2. The number of β-amino-alcohol motifs (C(OH)–C–C–N with tert-alkyl or cyclic N) is 1. The van der Waals surface area contributed by atoms with Crippen molar-refractivity contribution >= 4 is 29.2 Å². The quantitative estimate of drug-likeness (QED) is 0.498. The minimum atomic E-state index is -1.12. The van der Waals surface area contributed by atoms with Crippen LogP contribution in [0.1, 0.15) is 15.9 Å². The Bertz CT molecular complexity index is 943. The Morgan fingerprint density at radius 3 is 2.68 bits per heavy atom. The number of carbonyl (C=O) groups is 3. The lowest BCUT2D eigenvalue weighted by Crippen LogP contribution is -2.34. The van der Waals surface area contributed by atoms with Crippen molar-refractivity contribution in [2.24, 2.45) is 0 Å². The van der Waals surface area contributed by atoms with Gasteiger partial charge in [-0.3, -0.25) is 19.5 Å². The first kappa shape index (κ1) is 19.1. The maximum absolute atomic E-state index is 12.3. The van der Waals surface area contributed by atoms with Crippen LogP contribution >= 0.6 is 0 Å². The van der Waals surface area contributed by atoms with E-state index >= 15 is 0 Å². The molecular formula is C19H18N4O5. The monoisotopic (exact) mass is 382 g/mol. The zero-order chi connectivity index (χ0) is 20.1. The van der Waals surface area contributed by atoms with E-state index in [4.69, 9.17) is 5.11 Å². The minimum Gasteiger partial charge on any atom is -0.478 e. The van der Waals surface area contributed by atoms with Gasteiger partial charge < -0.3 is 20.8 Å². The molecule has 0 bridgehead atoms. The van der Waals surface area contributed by atoms with E-state index < -0.39 is 17.8 Å². The lowest BCUT2D eigenvalue weighted by molar-refractivity contribution is -0.137. The molecule has 9 nitrogen and oxygen atoms in total. The topological polar surface area (TPSA) is 132 Å². The Kier molecular flexibility index (Phi) is 5.66. The van der Waals surface area contributed by atoms with Gasteiger partial charge >= 0.3 is 5.97 Å². The van der Waals surface area contributed by atoms with Crippen LogP contribution in [0.5, 0.6) is 0 Å². The Hall–Kier alpha value is -3.72. The predicted octanol–water partition coefficient (Wildman–Crippen LogP) is 1.05. The van der Waals surface area contributed by atoms with Gasteiger partial charge in [0.1, 0.15) is 5.70 Å². The summed E-state index contributed by atoms with van der Waals surface area (Å²) >= 11 is 0. The zero-order valence-electron chi connectivity index (χ0n) is 14.8. The predicted molar refractivity (Wildman–Crippen MR) is 100 cm³/mol. The van der Waals surface area contributed by atoms with Gasteiger partial charge in [-0.15, -0.1) is 0 Å². The summed E-state index contributed by atoms with van der Waals surface area (Å²) in [6, 6.07) is 8.07. The molecule has 0 atom stereocenters. The van der Waals surface area contributed by atoms with Crippen molar-refractivity contribution in [3.63, 3.8) is 0 Å². The summed E-state index contributed by atoms with van der Waals surface area (Å²) in [7, 11) is 0. The van der Waals surface area contributed by atoms with Crippen molar-refractivity contribution in [2.75, 3.05) is 23.8 Å². The molecule has 1 aromatic carbocycles. The minimum absolute atomic E-state index is 0.00502. The fourth-order valence-electron chi connectivity index (χ4n) is 2.69. The molecule has 9 heteroatoms. The first-order chi connectivity index (χ1) is 13.5. The molecule has 0 radical (unpaired) electrons. The number of hydrogen-bond donors (Lipinski definition) is 4. The summed E-state index contributed by atoms with van der Waals surface area (Å²) < 4.78 is 0. The van der Waals surface area contributed by atoms with Gasteiger partial charge in [0, 0.05) is 25.0 Å². The van der Waals surface area contributed by atoms with Crippen molar-refractivity contribution in [3.8, 4) is 0 Å². The number of aromatic nitrogens is 1. The summed E-state index contributed by atoms with van der Waals surface area (Å²) in [5.41, 5.74) is 1.83. The summed E-state index contributed by atoms with van der Waals surface area (Å²) in [6.07, 6.45) is 4.47. The molecule has 0 saturated heterocycles. The first-order valence-corrected chi connectivity index (χ1v) is 8.45. The zero-order valence-corrected chi connectivity index (χ0v) is 14.8. The molecule has 3 rings (SSSR count). The Morgan fingerprint density at radius 2 is 2.00 bits per heavy atom. The molecular weight excluding hydrogens is 364 g/mol. The van der Waals surface area contributed by atoms with Gasteiger partial charge in [-0.1, -0.05) is 6.07 Å². The summed E-state index contributed by atoms with van der Waals surface area (Å²) in [4.78, 5) is 40.5. The number of imide groups is 1. The standard InChI is InChI=1S/C19H18N4O5/c24-7-6-23-17(25)9-16(18(23)26)22-15-8-13(19(27)28)3-4-14(15)21-11-12-2-1-5-20-10-12/h1-5,8-10,21-22,24H,6-7,11H2,(H,27,28). The number of aliphatic hydroxyl groups is 1. The lowest BCUT2D eigenvalue weighted by Gasteiger charge is -2.16. The number of carboxylic acids is 1. The molecule has 1 aliphatic heterocycles. The highest BCUT2D eigenvalue weighted by molar-refractivity contribution is 6.17. The lowest BCUT2D eigenvalue weighted by atomic mass is 10.1. The molecule has 1 aromatic heterocycles. The number of aromatic carboxylic acids is 1. The van der Waals surface area contributed by atoms with Gasteiger partial charge in [-0.05, 0) is 29.8 Å². The maximum Gasteiger partial charge on any atom is 0.335 e. The molecule has 4 N–H and O–H groups in total. The Balaban J connectivity index is 1.84. The maximum atomic E-state index is 12.3. The van der Waals surface area contributed by atoms with E-state index in [2.05, 4.69) is 15.6 Å². The van der Waals surface area contributed by atoms with Crippen LogP contribution in [-0.4, -0.2) is 51.0 Å². The van der Waals surface area contributed by atoms with Crippen LogP contribution in [0.3, 0.4) is 0 Å². The largest absolute Gasteiger partial charge is 0.478 e. The van der Waals surface area contributed by atoms with Gasteiger partial charge in [0.25, 0.3) is 11.8 Å². The number of anilines is 2. The second-order valence-corrected chi connectivity index (χ2v) is 5.98. The second kappa shape index (κ2) is 8.31. The normalized spacial score (nSPS) is 13.5. The van der Waals surface area contributed by atoms with Crippen LogP contribution in [0.25, 0.3) is 0 Å². The van der Waals surface area contributed by atoms with Crippen LogP contribution in [-0.2, 0) is 16.1 Å². The highest BCUT2D eigenvalue weighted by atomic mass is 16.4. The van der Waals surface area contributed by atoms with Crippen molar-refractivity contribution in [3.05, 3.63) is 65.6 Å². The highest BCUT2D eigenvalue weighted by Crippen LogP contribution is 2.27. The number of benzene rings is 1. The van der Waals surface area contributed by atoms with E-state index in [9.17, 15) is 19.5 Å². The van der Waals surface area contributed by atoms with Gasteiger partial charge in [0.05, 0.1) is 30.1 Å². The first-order valence-electron chi connectivity index (χ1n) is 8.45. The average Bonchev–Trinajstić information content (AvgIpc) is 2.95. The number of aliphatic hydroxyl groups excluding tert-OH is 1. The number of pyridine rings is 1. The number of amides is 2. The van der Waals surface area contributed by atoms with Crippen molar-refractivity contribution in [1.82, 2.24) is 9.88 Å². The number of hydrogen-bond acceptors (Lipinski definition) is 7. The van der Waals surface area contributed by atoms with Gasteiger partial charge in [-0.25, -0.2) is 4.79 Å². The van der Waals surface area contributed by atoms with Gasteiger partial charge in [-0.2, -0.15) is 0 Å². The van der Waals surface area contributed by atoms with Crippen LogP contribution in [0.4, 0.5) is 11.4 Å². The fourth-order valence-corrected chi connectivity index (χ4v) is 2.69. The van der Waals surface area contributed by atoms with E-state index in [0.717, 1.165) is 16.5 Å². The van der Waals surface area contributed by atoms with Crippen molar-refractivity contribution in [2.45, 2.75) is 6.54 Å². The van der Waals surface area contributed by atoms with E-state index in [0.29, 0.717) is 17.9 Å². The molecule has 0 saturated carbocycles. The van der Waals surface area contributed by atoms with Crippen molar-refractivity contribution in [1.29, 1.82) is 0 Å². The second-order valence-electron chi connectivity index (χ2n) is 5.98. The SMILES string of the molecule is O=C(O)c1ccc(NCc2cccnc2)c(NC2=CC(=O)N(CCO)C2=O)c1. The molecule has 2 amide bonds. The Morgan fingerprint density at radius 1 is 1.18 bits per heavy atom. The van der Waals surface area contributed by atoms with E-state index in [-0.39, 0.29) is 24.4 Å². The van der Waals surface area contributed by atoms with E-state index in [1.165, 1.54) is 12.1 Å².